The van der Waals surface area contributed by atoms with Crippen LogP contribution in [0.3, 0.4) is 0 Å². The van der Waals surface area contributed by atoms with E-state index < -0.39 is 9.84 Å². The Morgan fingerprint density at radius 3 is 2.38 bits per heavy atom. The van der Waals surface area contributed by atoms with Crippen molar-refractivity contribution in [2.75, 3.05) is 0 Å². The van der Waals surface area contributed by atoms with Crippen LogP contribution in [0.2, 0.25) is 0 Å². The van der Waals surface area contributed by atoms with Gasteiger partial charge in [-0.15, -0.1) is 0 Å². The van der Waals surface area contributed by atoms with E-state index in [9.17, 15) is 8.42 Å². The van der Waals surface area contributed by atoms with Crippen molar-refractivity contribution in [2.45, 2.75) is 11.8 Å². The zero-order valence-corrected chi connectivity index (χ0v) is 9.94. The Kier molecular flexibility index (Phi) is 4.26. The molecule has 0 N–H and O–H groups in total. The van der Waals surface area contributed by atoms with Crippen molar-refractivity contribution in [3.05, 3.63) is 66.1 Å². The van der Waals surface area contributed by atoms with Gasteiger partial charge in [-0.3, -0.25) is 0 Å². The van der Waals surface area contributed by atoms with E-state index in [4.69, 9.17) is 0 Å². The predicted octanol–water partition coefficient (Wildman–Crippen LogP) is 3.11. The summed E-state index contributed by atoms with van der Waals surface area (Å²) in [6, 6.07) is 8.35. The molecule has 1 aromatic carbocycles. The van der Waals surface area contributed by atoms with E-state index in [0.717, 1.165) is 0 Å². The molecule has 1 rings (SSSR count). The number of benzene rings is 1. The number of allylic oxidation sites excluding steroid dienone is 4. The molecule has 2 nitrogen and oxygen atoms in total. The lowest BCUT2D eigenvalue weighted by Crippen LogP contribution is -2.02. The predicted molar refractivity (Wildman–Crippen MR) is 66.7 cm³/mol. The third-order valence-electron chi connectivity index (χ3n) is 1.98. The fourth-order valence-electron chi connectivity index (χ4n) is 1.25. The van der Waals surface area contributed by atoms with Crippen LogP contribution in [-0.2, 0) is 9.84 Å². The Morgan fingerprint density at radius 2 is 1.88 bits per heavy atom. The Bertz CT molecular complexity index is 508. The first-order valence-electron chi connectivity index (χ1n) is 4.88. The first kappa shape index (κ1) is 12.5. The molecule has 1 aromatic rings. The van der Waals surface area contributed by atoms with Gasteiger partial charge in [-0.05, 0) is 31.2 Å². The zero-order chi connectivity index (χ0) is 12.0. The molecule has 0 amide bonds. The van der Waals surface area contributed by atoms with Crippen molar-refractivity contribution < 1.29 is 8.42 Å². The molecule has 0 aliphatic heterocycles. The second-order valence-electron chi connectivity index (χ2n) is 3.12. The second-order valence-corrected chi connectivity index (χ2v) is 5.07. The van der Waals surface area contributed by atoms with Gasteiger partial charge in [-0.2, -0.15) is 0 Å². The summed E-state index contributed by atoms with van der Waals surface area (Å²) in [5, 5.41) is 0. The number of hydrogen-bond donors (Lipinski definition) is 0. The van der Waals surface area contributed by atoms with Crippen molar-refractivity contribution >= 4 is 9.84 Å². The van der Waals surface area contributed by atoms with Crippen LogP contribution in [-0.4, -0.2) is 8.42 Å². The van der Waals surface area contributed by atoms with Gasteiger partial charge in [-0.1, -0.05) is 36.9 Å². The monoisotopic (exact) mass is 234 g/mol. The average molecular weight is 234 g/mol. The molecule has 0 aliphatic carbocycles. The molecule has 0 bridgehead atoms. The molecule has 0 saturated carbocycles. The van der Waals surface area contributed by atoms with Crippen LogP contribution in [0.4, 0.5) is 0 Å². The molecule has 0 aromatic heterocycles. The van der Waals surface area contributed by atoms with Gasteiger partial charge in [0.15, 0.2) is 0 Å². The largest absolute Gasteiger partial charge is 0.219 e. The van der Waals surface area contributed by atoms with E-state index in [1.54, 1.807) is 49.4 Å². The fourth-order valence-corrected chi connectivity index (χ4v) is 2.63. The van der Waals surface area contributed by atoms with Gasteiger partial charge in [0, 0.05) is 0 Å². The Morgan fingerprint density at radius 1 is 1.25 bits per heavy atom. The maximum absolute atomic E-state index is 12.1. The lowest BCUT2D eigenvalue weighted by molar-refractivity contribution is 0.603. The standard InChI is InChI=1S/C13H14O2S/c1-3-8-12(9-4-2)16(14,15)13-10-6-5-7-11-13/h3-11H,1H2,2H3. The molecule has 16 heavy (non-hydrogen) atoms. The zero-order valence-electron chi connectivity index (χ0n) is 9.13. The molecule has 0 radical (unpaired) electrons. The Balaban J connectivity index is 3.30. The Labute approximate surface area is 96.5 Å². The molecule has 0 saturated heterocycles. The van der Waals surface area contributed by atoms with Crippen molar-refractivity contribution in [2.24, 2.45) is 0 Å². The van der Waals surface area contributed by atoms with E-state index in [1.165, 1.54) is 12.2 Å². The van der Waals surface area contributed by atoms with Crippen LogP contribution in [0.25, 0.3) is 0 Å². The van der Waals surface area contributed by atoms with E-state index in [1.807, 2.05) is 0 Å². The van der Waals surface area contributed by atoms with Crippen LogP contribution in [0.1, 0.15) is 6.92 Å². The highest BCUT2D eigenvalue weighted by Gasteiger charge is 2.16. The quantitative estimate of drug-likeness (QED) is 0.750. The van der Waals surface area contributed by atoms with E-state index in [2.05, 4.69) is 6.58 Å². The van der Waals surface area contributed by atoms with Gasteiger partial charge < -0.3 is 0 Å². The van der Waals surface area contributed by atoms with E-state index in [0.29, 0.717) is 4.90 Å². The summed E-state index contributed by atoms with van der Waals surface area (Å²) in [6.45, 7) is 5.29. The maximum Gasteiger partial charge on any atom is 0.206 e. The van der Waals surface area contributed by atoms with Crippen molar-refractivity contribution in [1.29, 1.82) is 0 Å². The van der Waals surface area contributed by atoms with Gasteiger partial charge in [0.1, 0.15) is 0 Å². The topological polar surface area (TPSA) is 34.1 Å². The number of hydrogen-bond acceptors (Lipinski definition) is 2. The minimum absolute atomic E-state index is 0.246. The molecule has 0 aliphatic rings. The van der Waals surface area contributed by atoms with Crippen molar-refractivity contribution in [3.63, 3.8) is 0 Å². The van der Waals surface area contributed by atoms with Gasteiger partial charge in [-0.25, -0.2) is 8.42 Å². The summed E-state index contributed by atoms with van der Waals surface area (Å²) in [4.78, 5) is 0.539. The SMILES string of the molecule is C=CC=C(C=CC)S(=O)(=O)c1ccccc1. The highest BCUT2D eigenvalue weighted by atomic mass is 32.2. The maximum atomic E-state index is 12.1. The highest BCUT2D eigenvalue weighted by Crippen LogP contribution is 2.19. The molecule has 0 fully saturated rings. The lowest BCUT2D eigenvalue weighted by atomic mass is 10.4. The van der Waals surface area contributed by atoms with Gasteiger partial charge in [0.05, 0.1) is 9.80 Å². The lowest BCUT2D eigenvalue weighted by Gasteiger charge is -2.04. The normalized spacial score (nSPS) is 12.9. The van der Waals surface area contributed by atoms with Crippen LogP contribution >= 0.6 is 0 Å². The van der Waals surface area contributed by atoms with Gasteiger partial charge in [0.25, 0.3) is 0 Å². The van der Waals surface area contributed by atoms with E-state index in [-0.39, 0.29) is 4.91 Å². The first-order valence-corrected chi connectivity index (χ1v) is 6.37. The summed E-state index contributed by atoms with van der Waals surface area (Å²) < 4.78 is 24.3. The van der Waals surface area contributed by atoms with Crippen molar-refractivity contribution in [3.8, 4) is 0 Å². The highest BCUT2D eigenvalue weighted by molar-refractivity contribution is 7.95. The third kappa shape index (κ3) is 2.70. The van der Waals surface area contributed by atoms with Crippen LogP contribution < -0.4 is 0 Å². The second kappa shape index (κ2) is 5.47. The minimum Gasteiger partial charge on any atom is -0.219 e. The van der Waals surface area contributed by atoms with Crippen molar-refractivity contribution in [1.82, 2.24) is 0 Å². The summed E-state index contributed by atoms with van der Waals surface area (Å²) in [7, 11) is -3.42. The van der Waals surface area contributed by atoms with Crippen LogP contribution in [0.5, 0.6) is 0 Å². The number of rotatable bonds is 4. The molecule has 3 heteroatoms. The molecular weight excluding hydrogens is 220 g/mol. The summed E-state index contributed by atoms with van der Waals surface area (Å²) >= 11 is 0. The minimum atomic E-state index is -3.42. The average Bonchev–Trinajstić information content (AvgIpc) is 2.30. The number of sulfone groups is 1. The molecule has 84 valence electrons. The molecule has 0 heterocycles. The fraction of sp³-hybridized carbons (Fsp3) is 0.0769. The summed E-state index contributed by atoms with van der Waals surface area (Å²) in [5.41, 5.74) is 0. The third-order valence-corrected chi connectivity index (χ3v) is 3.76. The summed E-state index contributed by atoms with van der Waals surface area (Å²) in [5.74, 6) is 0. The molecule has 0 atom stereocenters. The van der Waals surface area contributed by atoms with Gasteiger partial charge in [0.2, 0.25) is 9.84 Å². The smallest absolute Gasteiger partial charge is 0.206 e. The van der Waals surface area contributed by atoms with E-state index >= 15 is 0 Å². The van der Waals surface area contributed by atoms with Crippen LogP contribution in [0, 0.1) is 0 Å². The Hall–Kier alpha value is -1.61. The molecular formula is C13H14O2S. The molecule has 0 unspecified atom stereocenters. The van der Waals surface area contributed by atoms with Crippen LogP contribution in [0.15, 0.2) is 71.0 Å². The van der Waals surface area contributed by atoms with Gasteiger partial charge >= 0.3 is 0 Å². The molecule has 0 spiro atoms. The summed E-state index contributed by atoms with van der Waals surface area (Å²) in [6.07, 6.45) is 6.21. The first-order chi connectivity index (χ1) is 7.62.